The van der Waals surface area contributed by atoms with Gasteiger partial charge in [-0.05, 0) is 0 Å². The average molecular weight is 897 g/mol. The summed E-state index contributed by atoms with van der Waals surface area (Å²) in [6.07, 6.45) is 0. The van der Waals surface area contributed by atoms with Gasteiger partial charge in [0, 0.05) is 202 Å². The Balaban J connectivity index is 0. The van der Waals surface area contributed by atoms with Crippen molar-refractivity contribution in [2.24, 2.45) is 0 Å². The molecule has 0 aliphatic rings. The maximum absolute atomic E-state index is 0. The first-order valence-corrected chi connectivity index (χ1v) is 0. The second kappa shape index (κ2) is 38.9. The van der Waals surface area contributed by atoms with Crippen molar-refractivity contribution in [2.75, 3.05) is 0 Å². The fourth-order valence-corrected chi connectivity index (χ4v) is 0. The van der Waals surface area contributed by atoms with E-state index in [1.807, 2.05) is 0 Å². The van der Waals surface area contributed by atoms with Crippen molar-refractivity contribution in [1.29, 1.82) is 0 Å². The van der Waals surface area contributed by atoms with Gasteiger partial charge in [-0.2, -0.15) is 0 Å². The van der Waals surface area contributed by atoms with E-state index in [2.05, 4.69) is 0 Å². The Kier molecular flexibility index (Phi) is 275. The van der Waals surface area contributed by atoms with Crippen LogP contribution in [0.5, 0.6) is 0 Å². The molecule has 0 unspecified atom stereocenters. The van der Waals surface area contributed by atoms with Gasteiger partial charge in [0.1, 0.15) is 0 Å². The molecular weight excluding hydrogens is 897 g/mol. The van der Waals surface area contributed by atoms with E-state index in [9.17, 15) is 0 Å². The van der Waals surface area contributed by atoms with Crippen LogP contribution < -0.4 is 0 Å². The number of rotatable bonds is 0. The molecule has 7 heavy (non-hydrogen) atoms. The zero-order valence-corrected chi connectivity index (χ0v) is 15.3. The van der Waals surface area contributed by atoms with Crippen LogP contribution in [-0.4, -0.2) is 0 Å². The van der Waals surface area contributed by atoms with E-state index in [1.165, 1.54) is 0 Å². The Hall–Kier alpha value is 6.62. The van der Waals surface area contributed by atoms with Gasteiger partial charge in [-0.15, -0.1) is 0 Å². The quantitative estimate of drug-likeness (QED) is 0.301. The molecule has 0 aromatic heterocycles. The summed E-state index contributed by atoms with van der Waals surface area (Å²) in [6.45, 7) is 0. The first-order valence-electron chi connectivity index (χ1n) is 0. The third-order valence-corrected chi connectivity index (χ3v) is 0. The van der Waals surface area contributed by atoms with Crippen molar-refractivity contribution in [1.82, 2.24) is 0 Å². The van der Waals surface area contributed by atoms with E-state index in [-0.39, 0.29) is 202 Å². The summed E-state index contributed by atoms with van der Waals surface area (Å²) in [7, 11) is 0. The van der Waals surface area contributed by atoms with Gasteiger partial charge in [0.25, 0.3) is 0 Å². The second-order valence-electron chi connectivity index (χ2n) is 0. The summed E-state index contributed by atoms with van der Waals surface area (Å²) in [5, 5.41) is 0. The topological polar surface area (TPSA) is 0 Å². The molecule has 0 amide bonds. The average Bonchev–Trinajstić information content (AvgIpc) is 0. The van der Waals surface area contributed by atoms with Crippen molar-refractivity contribution in [3.8, 4) is 0 Å². The third-order valence-electron chi connectivity index (χ3n) is 0. The van der Waals surface area contributed by atoms with Crippen molar-refractivity contribution in [2.45, 2.75) is 0 Å². The molecular formula is Gd3Pd4. The molecule has 0 radical (unpaired) electrons. The van der Waals surface area contributed by atoms with Crippen LogP contribution in [0.15, 0.2) is 0 Å². The molecule has 0 nitrogen and oxygen atoms in total. The number of hydrogen-bond donors (Lipinski definition) is 0. The summed E-state index contributed by atoms with van der Waals surface area (Å²) < 4.78 is 0. The molecule has 0 aromatic rings. The minimum atomic E-state index is 0. The summed E-state index contributed by atoms with van der Waals surface area (Å²) in [5.41, 5.74) is 0. The van der Waals surface area contributed by atoms with E-state index in [4.69, 9.17) is 0 Å². The maximum Gasteiger partial charge on any atom is 0 e. The Morgan fingerprint density at radius 2 is 0.286 bits per heavy atom. The van der Waals surface area contributed by atoms with Crippen LogP contribution in [-0.2, 0) is 81.7 Å². The first-order chi connectivity index (χ1) is 0. The molecule has 0 N–H and O–H groups in total. The van der Waals surface area contributed by atoms with Gasteiger partial charge >= 0.3 is 0 Å². The Morgan fingerprint density at radius 3 is 0.286 bits per heavy atom. The molecule has 0 bridgehead atoms. The zero-order chi connectivity index (χ0) is 0. The smallest absolute Gasteiger partial charge is 0 e. The zero-order valence-electron chi connectivity index (χ0n) is 2.33. The molecule has 0 saturated heterocycles. The third kappa shape index (κ3) is 32.5. The molecule has 0 rings (SSSR count). The molecule has 0 aliphatic carbocycles. The molecule has 0 saturated carbocycles. The van der Waals surface area contributed by atoms with Crippen LogP contribution in [0.1, 0.15) is 0 Å². The van der Waals surface area contributed by atoms with Crippen LogP contribution in [0, 0.1) is 120 Å². The molecule has 0 aromatic carbocycles. The predicted molar refractivity (Wildman–Crippen MR) is 0 cm³/mol. The molecule has 0 fully saturated rings. The van der Waals surface area contributed by atoms with Crippen molar-refractivity contribution < 1.29 is 202 Å². The van der Waals surface area contributed by atoms with Crippen molar-refractivity contribution >= 4 is 0 Å². The van der Waals surface area contributed by atoms with E-state index < -0.39 is 0 Å². The van der Waals surface area contributed by atoms with Gasteiger partial charge in [0.15, 0.2) is 0 Å². The minimum absolute atomic E-state index is 0. The Morgan fingerprint density at radius 1 is 0.286 bits per heavy atom. The Labute approximate surface area is 195 Å². The van der Waals surface area contributed by atoms with Gasteiger partial charge in [-0.3, -0.25) is 0 Å². The van der Waals surface area contributed by atoms with Crippen molar-refractivity contribution in [3.63, 3.8) is 0 Å². The molecule has 0 spiro atoms. The summed E-state index contributed by atoms with van der Waals surface area (Å²) in [4.78, 5) is 0. The van der Waals surface area contributed by atoms with Gasteiger partial charge in [0.2, 0.25) is 0 Å². The van der Waals surface area contributed by atoms with Gasteiger partial charge < -0.3 is 0 Å². The SMILES string of the molecule is [Gd].[Gd].[Gd].[Pd].[Pd].[Pd].[Pd]. The first kappa shape index (κ1) is 49.5. The van der Waals surface area contributed by atoms with Crippen LogP contribution >= 0.6 is 0 Å². The predicted octanol–water partition coefficient (Wildman–Crippen LogP) is -0.0100. The van der Waals surface area contributed by atoms with Crippen LogP contribution in [0.2, 0.25) is 0 Å². The normalized spacial score (nSPS) is 0. The Bertz CT molecular complexity index is 6.90. The van der Waals surface area contributed by atoms with E-state index >= 15 is 0 Å². The molecule has 0 atom stereocenters. The van der Waals surface area contributed by atoms with Gasteiger partial charge in [-0.1, -0.05) is 0 Å². The second-order valence-corrected chi connectivity index (χ2v) is 0. The standard InChI is InChI=1S/3Gd.4Pd. The monoisotopic (exact) mass is 897 g/mol. The van der Waals surface area contributed by atoms with Crippen LogP contribution in [0.25, 0.3) is 0 Å². The van der Waals surface area contributed by atoms with Crippen LogP contribution in [0.3, 0.4) is 0 Å². The van der Waals surface area contributed by atoms with Crippen LogP contribution in [0.4, 0.5) is 0 Å². The van der Waals surface area contributed by atoms with E-state index in [0.29, 0.717) is 0 Å². The van der Waals surface area contributed by atoms with E-state index in [1.54, 1.807) is 0 Å². The molecule has 7 heteroatoms. The van der Waals surface area contributed by atoms with Crippen molar-refractivity contribution in [3.05, 3.63) is 0 Å². The molecule has 0 aliphatic heterocycles. The minimum Gasteiger partial charge on any atom is 0 e. The number of hydrogen-bond acceptors (Lipinski definition) is 0. The largest absolute Gasteiger partial charge is 0 e. The summed E-state index contributed by atoms with van der Waals surface area (Å²) in [6, 6.07) is 0. The summed E-state index contributed by atoms with van der Waals surface area (Å²) >= 11 is 0. The summed E-state index contributed by atoms with van der Waals surface area (Å²) in [5.74, 6) is 0. The maximum atomic E-state index is 0. The fourth-order valence-electron chi connectivity index (χ4n) is 0. The molecule has 0 heterocycles. The molecule has 64 valence electrons. The van der Waals surface area contributed by atoms with Gasteiger partial charge in [0.05, 0.1) is 0 Å². The fraction of sp³-hybridized carbons (Fsp3) is 0. The van der Waals surface area contributed by atoms with E-state index in [0.717, 1.165) is 0 Å². The van der Waals surface area contributed by atoms with Gasteiger partial charge in [-0.25, -0.2) is 0 Å².